The van der Waals surface area contributed by atoms with Crippen LogP contribution in [-0.4, -0.2) is 34.0 Å². The van der Waals surface area contributed by atoms with Crippen LogP contribution in [-0.2, 0) is 9.53 Å². The third kappa shape index (κ3) is 2.81. The molecule has 1 heterocycles. The Balaban J connectivity index is 1.97. The third-order valence-electron chi connectivity index (χ3n) is 3.26. The van der Waals surface area contributed by atoms with Gasteiger partial charge in [0, 0.05) is 18.8 Å². The molecular formula is C13H16BNO2. The SMILES string of the molecule is [B]c1cccc(N2CCC(C(=O)OC)CC2)c1. The number of rotatable bonds is 2. The van der Waals surface area contributed by atoms with Crippen molar-refractivity contribution in [3.05, 3.63) is 24.3 Å². The smallest absolute Gasteiger partial charge is 0.308 e. The van der Waals surface area contributed by atoms with Crippen molar-refractivity contribution < 1.29 is 9.53 Å². The van der Waals surface area contributed by atoms with E-state index in [1.165, 1.54) is 7.11 Å². The van der Waals surface area contributed by atoms with Crippen LogP contribution >= 0.6 is 0 Å². The summed E-state index contributed by atoms with van der Waals surface area (Å²) in [5, 5.41) is 0. The summed E-state index contributed by atoms with van der Waals surface area (Å²) in [6.45, 7) is 1.76. The molecule has 88 valence electrons. The minimum Gasteiger partial charge on any atom is -0.469 e. The Morgan fingerprint density at radius 2 is 2.12 bits per heavy atom. The molecule has 1 saturated heterocycles. The molecular weight excluding hydrogens is 213 g/mol. The van der Waals surface area contributed by atoms with Crippen molar-refractivity contribution in [2.75, 3.05) is 25.1 Å². The quantitative estimate of drug-likeness (QED) is 0.556. The molecule has 17 heavy (non-hydrogen) atoms. The largest absolute Gasteiger partial charge is 0.469 e. The van der Waals surface area contributed by atoms with E-state index in [0.29, 0.717) is 0 Å². The summed E-state index contributed by atoms with van der Waals surface area (Å²) in [6.07, 6.45) is 1.70. The van der Waals surface area contributed by atoms with E-state index in [1.54, 1.807) is 0 Å². The average Bonchev–Trinajstić information content (AvgIpc) is 2.38. The van der Waals surface area contributed by atoms with Crippen LogP contribution in [0.15, 0.2) is 24.3 Å². The molecule has 1 aromatic carbocycles. The first-order valence-electron chi connectivity index (χ1n) is 5.89. The van der Waals surface area contributed by atoms with E-state index in [-0.39, 0.29) is 11.9 Å². The highest BCUT2D eigenvalue weighted by atomic mass is 16.5. The number of carbonyl (C=O) groups is 1. The first-order valence-corrected chi connectivity index (χ1v) is 5.89. The molecule has 1 aliphatic rings. The Kier molecular flexibility index (Phi) is 3.72. The molecule has 1 fully saturated rings. The Hall–Kier alpha value is -1.45. The normalized spacial score (nSPS) is 16.9. The lowest BCUT2D eigenvalue weighted by Gasteiger charge is -2.32. The topological polar surface area (TPSA) is 29.5 Å². The minimum absolute atomic E-state index is 0.0531. The molecule has 2 rings (SSSR count). The van der Waals surface area contributed by atoms with Gasteiger partial charge in [0.1, 0.15) is 7.85 Å². The van der Waals surface area contributed by atoms with Gasteiger partial charge in [-0.1, -0.05) is 17.6 Å². The van der Waals surface area contributed by atoms with Crippen molar-refractivity contribution in [3.63, 3.8) is 0 Å². The zero-order chi connectivity index (χ0) is 12.3. The minimum atomic E-state index is -0.0859. The lowest BCUT2D eigenvalue weighted by molar-refractivity contribution is -0.146. The molecule has 1 aromatic rings. The van der Waals surface area contributed by atoms with Crippen LogP contribution in [0.25, 0.3) is 0 Å². The van der Waals surface area contributed by atoms with E-state index in [9.17, 15) is 4.79 Å². The van der Waals surface area contributed by atoms with Crippen LogP contribution in [0.1, 0.15) is 12.8 Å². The summed E-state index contributed by atoms with van der Waals surface area (Å²) in [5.41, 5.74) is 1.91. The van der Waals surface area contributed by atoms with Gasteiger partial charge in [-0.3, -0.25) is 4.79 Å². The molecule has 0 aromatic heterocycles. The van der Waals surface area contributed by atoms with E-state index in [1.807, 2.05) is 18.2 Å². The second kappa shape index (κ2) is 5.26. The Bertz CT molecular complexity index is 400. The van der Waals surface area contributed by atoms with Crippen LogP contribution in [0, 0.1) is 5.92 Å². The van der Waals surface area contributed by atoms with Crippen LogP contribution in [0.4, 0.5) is 5.69 Å². The molecule has 0 bridgehead atoms. The number of benzene rings is 1. The van der Waals surface area contributed by atoms with Gasteiger partial charge in [-0.05, 0) is 25.0 Å². The van der Waals surface area contributed by atoms with E-state index in [2.05, 4.69) is 11.0 Å². The van der Waals surface area contributed by atoms with Crippen LogP contribution in [0.3, 0.4) is 0 Å². The summed E-state index contributed by atoms with van der Waals surface area (Å²) in [6, 6.07) is 7.86. The van der Waals surface area contributed by atoms with Gasteiger partial charge >= 0.3 is 5.97 Å². The molecule has 0 N–H and O–H groups in total. The standard InChI is InChI=1S/C13H16BNO2/c1-17-13(16)10-5-7-15(8-6-10)12-4-2-3-11(14)9-12/h2-4,9-10H,5-8H2,1H3. The van der Waals surface area contributed by atoms with Crippen molar-refractivity contribution in [1.29, 1.82) is 0 Å². The number of esters is 1. The second-order valence-electron chi connectivity index (χ2n) is 4.38. The summed E-state index contributed by atoms with van der Waals surface area (Å²) in [5.74, 6) is -0.0328. The summed E-state index contributed by atoms with van der Waals surface area (Å²) < 4.78 is 4.77. The van der Waals surface area contributed by atoms with E-state index >= 15 is 0 Å². The monoisotopic (exact) mass is 229 g/mol. The van der Waals surface area contributed by atoms with Gasteiger partial charge in [0.2, 0.25) is 0 Å². The Labute approximate surface area is 103 Å². The zero-order valence-corrected chi connectivity index (χ0v) is 10.1. The highest BCUT2D eigenvalue weighted by Gasteiger charge is 2.25. The van der Waals surface area contributed by atoms with Crippen LogP contribution < -0.4 is 10.4 Å². The summed E-state index contributed by atoms with van der Waals surface area (Å²) >= 11 is 0. The third-order valence-corrected chi connectivity index (χ3v) is 3.26. The Morgan fingerprint density at radius 1 is 1.41 bits per heavy atom. The average molecular weight is 229 g/mol. The number of carbonyl (C=O) groups excluding carboxylic acids is 1. The van der Waals surface area contributed by atoms with Gasteiger partial charge in [-0.2, -0.15) is 0 Å². The maximum Gasteiger partial charge on any atom is 0.308 e. The lowest BCUT2D eigenvalue weighted by atomic mass is 9.94. The number of nitrogens with zero attached hydrogens (tertiary/aromatic N) is 1. The fraction of sp³-hybridized carbons (Fsp3) is 0.462. The van der Waals surface area contributed by atoms with Crippen molar-refractivity contribution in [3.8, 4) is 0 Å². The number of ether oxygens (including phenoxy) is 1. The van der Waals surface area contributed by atoms with E-state index in [4.69, 9.17) is 12.6 Å². The van der Waals surface area contributed by atoms with Gasteiger partial charge in [0.25, 0.3) is 0 Å². The number of hydrogen-bond acceptors (Lipinski definition) is 3. The van der Waals surface area contributed by atoms with Gasteiger partial charge in [-0.15, -0.1) is 0 Å². The predicted octanol–water partition coefficient (Wildman–Crippen LogP) is 0.870. The predicted molar refractivity (Wildman–Crippen MR) is 68.8 cm³/mol. The first kappa shape index (κ1) is 12.0. The molecule has 4 heteroatoms. The van der Waals surface area contributed by atoms with Crippen molar-refractivity contribution >= 4 is 25.0 Å². The maximum atomic E-state index is 11.4. The maximum absolute atomic E-state index is 11.4. The second-order valence-corrected chi connectivity index (χ2v) is 4.38. The van der Waals surface area contributed by atoms with E-state index < -0.39 is 0 Å². The summed E-state index contributed by atoms with van der Waals surface area (Å²) in [7, 11) is 7.21. The molecule has 0 saturated carbocycles. The lowest BCUT2D eigenvalue weighted by Crippen LogP contribution is -2.37. The first-order chi connectivity index (χ1) is 8.20. The van der Waals surface area contributed by atoms with Crippen molar-refractivity contribution in [1.82, 2.24) is 0 Å². The van der Waals surface area contributed by atoms with Crippen LogP contribution in [0.5, 0.6) is 0 Å². The van der Waals surface area contributed by atoms with Crippen LogP contribution in [0.2, 0.25) is 0 Å². The van der Waals surface area contributed by atoms with Gasteiger partial charge in [0.15, 0.2) is 0 Å². The van der Waals surface area contributed by atoms with Gasteiger partial charge in [0.05, 0.1) is 13.0 Å². The molecule has 2 radical (unpaired) electrons. The van der Waals surface area contributed by atoms with Gasteiger partial charge in [-0.25, -0.2) is 0 Å². The molecule has 0 atom stereocenters. The molecule has 0 spiro atoms. The highest BCUT2D eigenvalue weighted by molar-refractivity contribution is 6.32. The molecule has 0 aliphatic carbocycles. The number of piperidine rings is 1. The summed E-state index contributed by atoms with van der Waals surface area (Å²) in [4.78, 5) is 13.7. The molecule has 0 unspecified atom stereocenters. The number of hydrogen-bond donors (Lipinski definition) is 0. The fourth-order valence-corrected chi connectivity index (χ4v) is 2.26. The van der Waals surface area contributed by atoms with Crippen molar-refractivity contribution in [2.45, 2.75) is 12.8 Å². The number of methoxy groups -OCH3 is 1. The molecule has 1 aliphatic heterocycles. The Morgan fingerprint density at radius 3 is 2.71 bits per heavy atom. The molecule has 0 amide bonds. The number of anilines is 1. The molecule has 3 nitrogen and oxygen atoms in total. The highest BCUT2D eigenvalue weighted by Crippen LogP contribution is 2.23. The van der Waals surface area contributed by atoms with Crippen molar-refractivity contribution in [2.24, 2.45) is 5.92 Å². The zero-order valence-electron chi connectivity index (χ0n) is 10.1. The van der Waals surface area contributed by atoms with E-state index in [0.717, 1.165) is 37.1 Å². The fourth-order valence-electron chi connectivity index (χ4n) is 2.26. The van der Waals surface area contributed by atoms with Gasteiger partial charge < -0.3 is 9.64 Å².